The predicted octanol–water partition coefficient (Wildman–Crippen LogP) is 1.93. The van der Waals surface area contributed by atoms with E-state index >= 15 is 0 Å². The summed E-state index contributed by atoms with van der Waals surface area (Å²) in [5.74, 6) is 0.965. The third-order valence-electron chi connectivity index (χ3n) is 4.43. The van der Waals surface area contributed by atoms with Gasteiger partial charge in [0.1, 0.15) is 5.76 Å². The molecule has 0 spiro atoms. The van der Waals surface area contributed by atoms with Gasteiger partial charge in [0, 0.05) is 29.5 Å². The lowest BCUT2D eigenvalue weighted by Gasteiger charge is -2.09. The van der Waals surface area contributed by atoms with E-state index in [1.807, 2.05) is 18.2 Å². The molecule has 1 saturated heterocycles. The summed E-state index contributed by atoms with van der Waals surface area (Å²) in [6, 6.07) is 10.7. The van der Waals surface area contributed by atoms with Gasteiger partial charge in [0.25, 0.3) is 5.91 Å². The highest BCUT2D eigenvalue weighted by molar-refractivity contribution is 8.15. The third kappa shape index (κ3) is 4.36. The molecule has 0 bridgehead atoms. The largest absolute Gasteiger partial charge is 0.469 e. The lowest BCUT2D eigenvalue weighted by Crippen LogP contribution is -2.25. The maximum absolute atomic E-state index is 12.3. The zero-order valence-corrected chi connectivity index (χ0v) is 16.1. The number of fused-ring (bicyclic) bond motifs is 1. The molecule has 27 heavy (non-hydrogen) atoms. The van der Waals surface area contributed by atoms with Crippen LogP contribution in [0.3, 0.4) is 0 Å². The average molecular weight is 406 g/mol. The van der Waals surface area contributed by atoms with Crippen LogP contribution in [0.25, 0.3) is 0 Å². The molecule has 1 aromatic heterocycles. The molecule has 3 heterocycles. The number of benzene rings is 1. The van der Waals surface area contributed by atoms with Gasteiger partial charge in [0.15, 0.2) is 15.0 Å². The van der Waals surface area contributed by atoms with Gasteiger partial charge < -0.3 is 15.1 Å². The number of nitrogens with one attached hydrogen (secondary N) is 2. The van der Waals surface area contributed by atoms with E-state index in [2.05, 4.69) is 15.6 Å². The van der Waals surface area contributed by atoms with Crippen molar-refractivity contribution in [3.63, 3.8) is 0 Å². The van der Waals surface area contributed by atoms with E-state index in [0.717, 1.165) is 11.4 Å². The maximum Gasteiger partial charge on any atom is 0.251 e. The van der Waals surface area contributed by atoms with Crippen molar-refractivity contribution in [2.75, 3.05) is 23.4 Å². The maximum atomic E-state index is 12.3. The molecule has 2 aliphatic heterocycles. The number of aliphatic imine (C=N–C) groups is 1. The Bertz CT molecular complexity index is 970. The second kappa shape index (κ2) is 7.40. The summed E-state index contributed by atoms with van der Waals surface area (Å²) in [7, 11) is -2.96. The zero-order valence-electron chi connectivity index (χ0n) is 14.4. The van der Waals surface area contributed by atoms with Gasteiger partial charge in [-0.3, -0.25) is 9.79 Å². The standard InChI is InChI=1S/C18H19N3O4S2/c22-17(19-7-6-14-5-2-8-25-14)12-3-1-4-13(9-12)20-18-21-15-10-27(23,24)11-16(15)26-18/h1-5,8-9,15-16H,6-7,10-11H2,(H,19,22)(H,20,21)/t15-,16+/m1/s1. The minimum atomic E-state index is -2.96. The Morgan fingerprint density at radius 2 is 2.15 bits per heavy atom. The zero-order chi connectivity index (χ0) is 18.9. The van der Waals surface area contributed by atoms with Crippen molar-refractivity contribution in [1.82, 2.24) is 5.32 Å². The molecular weight excluding hydrogens is 386 g/mol. The molecule has 9 heteroatoms. The van der Waals surface area contributed by atoms with Crippen molar-refractivity contribution >= 4 is 38.4 Å². The number of carbonyl (C=O) groups excluding carboxylic acids is 1. The molecule has 2 N–H and O–H groups in total. The second-order valence-electron chi connectivity index (χ2n) is 6.53. The lowest BCUT2D eigenvalue weighted by atomic mass is 10.2. The first-order valence-corrected chi connectivity index (χ1v) is 11.3. The number of hydrogen-bond donors (Lipinski definition) is 2. The van der Waals surface area contributed by atoms with Gasteiger partial charge in [-0.25, -0.2) is 8.42 Å². The summed E-state index contributed by atoms with van der Waals surface area (Å²) < 4.78 is 28.5. The molecule has 0 radical (unpaired) electrons. The fourth-order valence-corrected chi connectivity index (χ4v) is 6.81. The number of anilines is 1. The number of sulfone groups is 1. The van der Waals surface area contributed by atoms with Gasteiger partial charge in [0.2, 0.25) is 0 Å². The van der Waals surface area contributed by atoms with Crippen LogP contribution in [0.2, 0.25) is 0 Å². The van der Waals surface area contributed by atoms with E-state index in [1.165, 1.54) is 11.8 Å². The fourth-order valence-electron chi connectivity index (χ4n) is 3.13. The van der Waals surface area contributed by atoms with Crippen LogP contribution in [0.4, 0.5) is 5.69 Å². The average Bonchev–Trinajstić information content (AvgIpc) is 3.30. The lowest BCUT2D eigenvalue weighted by molar-refractivity contribution is 0.0953. The summed E-state index contributed by atoms with van der Waals surface area (Å²) in [5, 5.41) is 6.76. The Kier molecular flexibility index (Phi) is 4.96. The summed E-state index contributed by atoms with van der Waals surface area (Å²) >= 11 is 1.45. The number of amides is 1. The van der Waals surface area contributed by atoms with Gasteiger partial charge in [-0.2, -0.15) is 0 Å². The van der Waals surface area contributed by atoms with Crippen LogP contribution in [-0.2, 0) is 16.3 Å². The second-order valence-corrected chi connectivity index (χ2v) is 9.91. The van der Waals surface area contributed by atoms with Crippen molar-refractivity contribution in [3.8, 4) is 0 Å². The van der Waals surface area contributed by atoms with E-state index in [4.69, 9.17) is 4.42 Å². The van der Waals surface area contributed by atoms with Gasteiger partial charge in [-0.1, -0.05) is 17.8 Å². The molecule has 0 saturated carbocycles. The van der Waals surface area contributed by atoms with E-state index < -0.39 is 9.84 Å². The van der Waals surface area contributed by atoms with Gasteiger partial charge in [0.05, 0.1) is 23.8 Å². The molecule has 142 valence electrons. The van der Waals surface area contributed by atoms with Crippen molar-refractivity contribution in [2.45, 2.75) is 17.7 Å². The first-order valence-electron chi connectivity index (χ1n) is 8.61. The van der Waals surface area contributed by atoms with E-state index in [9.17, 15) is 13.2 Å². The molecule has 4 rings (SSSR count). The predicted molar refractivity (Wildman–Crippen MR) is 106 cm³/mol. The first kappa shape index (κ1) is 18.1. The van der Waals surface area contributed by atoms with Crippen LogP contribution >= 0.6 is 11.8 Å². The number of nitrogens with zero attached hydrogens (tertiary/aromatic N) is 1. The monoisotopic (exact) mass is 405 g/mol. The Balaban J connectivity index is 1.34. The molecule has 7 nitrogen and oxygen atoms in total. The molecule has 0 unspecified atom stereocenters. The van der Waals surface area contributed by atoms with Crippen molar-refractivity contribution in [2.24, 2.45) is 4.99 Å². The van der Waals surface area contributed by atoms with E-state index in [-0.39, 0.29) is 28.7 Å². The van der Waals surface area contributed by atoms with Crippen LogP contribution in [0.15, 0.2) is 52.1 Å². The highest BCUT2D eigenvalue weighted by Gasteiger charge is 2.42. The first-order chi connectivity index (χ1) is 13.0. The fraction of sp³-hybridized carbons (Fsp3) is 0.333. The van der Waals surface area contributed by atoms with Crippen LogP contribution in [0.1, 0.15) is 16.1 Å². The number of thioether (sulfide) groups is 1. The normalized spacial score (nSPS) is 22.9. The summed E-state index contributed by atoms with van der Waals surface area (Å²) in [6.07, 6.45) is 2.25. The Labute approximate surface area is 161 Å². The third-order valence-corrected chi connectivity index (χ3v) is 7.57. The molecule has 1 aromatic carbocycles. The molecule has 1 amide bonds. The van der Waals surface area contributed by atoms with Crippen molar-refractivity contribution in [1.29, 1.82) is 0 Å². The number of furan rings is 1. The van der Waals surface area contributed by atoms with Crippen molar-refractivity contribution in [3.05, 3.63) is 54.0 Å². The number of hydrogen-bond acceptors (Lipinski definition) is 7. The number of carbonyl (C=O) groups is 1. The van der Waals surface area contributed by atoms with Gasteiger partial charge >= 0.3 is 0 Å². The Hall–Kier alpha value is -2.26. The van der Waals surface area contributed by atoms with E-state index in [1.54, 1.807) is 24.5 Å². The Morgan fingerprint density at radius 3 is 2.93 bits per heavy atom. The van der Waals surface area contributed by atoms with Crippen LogP contribution in [0.5, 0.6) is 0 Å². The SMILES string of the molecule is O=C(NCCc1ccco1)c1cccc(NC2=N[C@@H]3CS(=O)(=O)C[C@@H]3S2)c1. The Morgan fingerprint density at radius 1 is 1.26 bits per heavy atom. The van der Waals surface area contributed by atoms with Crippen LogP contribution in [-0.4, -0.2) is 48.8 Å². The molecular formula is C18H19N3O4S2. The topological polar surface area (TPSA) is 101 Å². The smallest absolute Gasteiger partial charge is 0.251 e. The molecule has 2 atom stereocenters. The van der Waals surface area contributed by atoms with E-state index in [0.29, 0.717) is 23.7 Å². The van der Waals surface area contributed by atoms with Crippen LogP contribution < -0.4 is 10.6 Å². The summed E-state index contributed by atoms with van der Waals surface area (Å²) in [4.78, 5) is 16.8. The van der Waals surface area contributed by atoms with Crippen molar-refractivity contribution < 1.29 is 17.6 Å². The molecule has 2 aromatic rings. The minimum absolute atomic E-state index is 0.00872. The molecule has 1 fully saturated rings. The minimum Gasteiger partial charge on any atom is -0.469 e. The quantitative estimate of drug-likeness (QED) is 0.788. The summed E-state index contributed by atoms with van der Waals surface area (Å²) in [6.45, 7) is 0.490. The number of amidine groups is 1. The van der Waals surface area contributed by atoms with Gasteiger partial charge in [-0.15, -0.1) is 0 Å². The number of rotatable bonds is 5. The highest BCUT2D eigenvalue weighted by atomic mass is 32.2. The van der Waals surface area contributed by atoms with Crippen LogP contribution in [0, 0.1) is 0 Å². The summed E-state index contributed by atoms with van der Waals surface area (Å²) in [5.41, 5.74) is 1.30. The molecule has 0 aliphatic carbocycles. The van der Waals surface area contributed by atoms with Gasteiger partial charge in [-0.05, 0) is 30.3 Å². The molecule has 2 aliphatic rings. The highest BCUT2D eigenvalue weighted by Crippen LogP contribution is 2.34.